The standard InChI is InChI=1S/C18H28N2O3S.C14H20N2O2/c1-17(2,3)24(22)19-18(4)10-12-20(13-11-18)16(21)23-14-15-8-6-5-7-9-15;1-14(15)7-9-16(10-8-14)13(17)18-11-12-5-3-2-4-6-12/h5-9,19H,10-14H2,1-4H3;2-6H,7-11,15H2,1H3. The molecule has 0 saturated carbocycles. The van der Waals surface area contributed by atoms with E-state index in [4.69, 9.17) is 15.2 Å². The Morgan fingerprint density at radius 3 is 1.55 bits per heavy atom. The van der Waals surface area contributed by atoms with Crippen LogP contribution in [0.4, 0.5) is 9.59 Å². The van der Waals surface area contributed by atoms with Crippen LogP contribution in [0.1, 0.15) is 71.4 Å². The lowest BCUT2D eigenvalue weighted by Crippen LogP contribution is -2.55. The van der Waals surface area contributed by atoms with Crippen LogP contribution in [-0.2, 0) is 33.7 Å². The van der Waals surface area contributed by atoms with Gasteiger partial charge in [-0.05, 0) is 71.4 Å². The number of nitrogens with two attached hydrogens (primary N) is 1. The molecular formula is C32H48N4O5S. The van der Waals surface area contributed by atoms with Crippen LogP contribution in [0.3, 0.4) is 0 Å². The van der Waals surface area contributed by atoms with Gasteiger partial charge >= 0.3 is 12.2 Å². The predicted molar refractivity (Wildman–Crippen MR) is 167 cm³/mol. The summed E-state index contributed by atoms with van der Waals surface area (Å²) >= 11 is 0. The number of carbonyl (C=O) groups excluding carboxylic acids is 2. The van der Waals surface area contributed by atoms with Crippen LogP contribution in [0.5, 0.6) is 0 Å². The number of carbonyl (C=O) groups is 2. The molecule has 1 unspecified atom stereocenters. The fourth-order valence-corrected chi connectivity index (χ4v) is 5.44. The maximum Gasteiger partial charge on any atom is 0.410 e. The Bertz CT molecular complexity index is 1150. The molecule has 0 bridgehead atoms. The zero-order valence-electron chi connectivity index (χ0n) is 25.8. The number of nitrogens with one attached hydrogen (secondary N) is 1. The SMILES string of the molecule is CC1(N)CCN(C(=O)OCc2ccccc2)CC1.CC1(NS(=O)C(C)(C)C)CCN(C(=O)OCc2ccccc2)CC1. The van der Waals surface area contributed by atoms with Gasteiger partial charge in [-0.15, -0.1) is 0 Å². The highest BCUT2D eigenvalue weighted by Gasteiger charge is 2.36. The Labute approximate surface area is 253 Å². The van der Waals surface area contributed by atoms with Gasteiger partial charge in [0.15, 0.2) is 0 Å². The van der Waals surface area contributed by atoms with Crippen LogP contribution in [0.25, 0.3) is 0 Å². The highest BCUT2D eigenvalue weighted by atomic mass is 32.2. The van der Waals surface area contributed by atoms with Gasteiger partial charge in [-0.25, -0.2) is 18.5 Å². The lowest BCUT2D eigenvalue weighted by molar-refractivity contribution is 0.0782. The quantitative estimate of drug-likeness (QED) is 0.461. The van der Waals surface area contributed by atoms with Crippen molar-refractivity contribution in [1.82, 2.24) is 14.5 Å². The molecule has 2 aliphatic rings. The maximum atomic E-state index is 12.3. The number of benzene rings is 2. The number of nitrogens with zero attached hydrogens (tertiary/aromatic N) is 2. The van der Waals surface area contributed by atoms with E-state index >= 15 is 0 Å². The third kappa shape index (κ3) is 11.0. The first-order valence-electron chi connectivity index (χ1n) is 14.7. The fraction of sp³-hybridized carbons (Fsp3) is 0.562. The Morgan fingerprint density at radius 1 is 0.786 bits per heavy atom. The van der Waals surface area contributed by atoms with E-state index in [2.05, 4.69) is 11.6 Å². The van der Waals surface area contributed by atoms with E-state index in [1.54, 1.807) is 9.80 Å². The molecule has 4 rings (SSSR count). The van der Waals surface area contributed by atoms with Gasteiger partial charge in [0, 0.05) is 37.3 Å². The Morgan fingerprint density at radius 2 is 1.17 bits per heavy atom. The Hall–Kier alpha value is -2.95. The van der Waals surface area contributed by atoms with Crippen molar-refractivity contribution in [1.29, 1.82) is 0 Å². The average Bonchev–Trinajstić information content (AvgIpc) is 2.96. The van der Waals surface area contributed by atoms with E-state index < -0.39 is 11.0 Å². The smallest absolute Gasteiger partial charge is 0.410 e. The molecule has 3 N–H and O–H groups in total. The lowest BCUT2D eigenvalue weighted by Gasteiger charge is -2.40. The molecule has 2 amide bonds. The first-order valence-corrected chi connectivity index (χ1v) is 15.8. The first kappa shape index (κ1) is 33.6. The van der Waals surface area contributed by atoms with E-state index in [0.29, 0.717) is 39.4 Å². The number of amides is 2. The topological polar surface area (TPSA) is 114 Å². The molecule has 9 nitrogen and oxygen atoms in total. The Balaban J connectivity index is 0.000000240. The molecule has 232 valence electrons. The first-order chi connectivity index (χ1) is 19.8. The van der Waals surface area contributed by atoms with Gasteiger partial charge < -0.3 is 25.0 Å². The van der Waals surface area contributed by atoms with Crippen molar-refractivity contribution in [3.8, 4) is 0 Å². The lowest BCUT2D eigenvalue weighted by atomic mass is 9.91. The second-order valence-corrected chi connectivity index (χ2v) is 14.7. The summed E-state index contributed by atoms with van der Waals surface area (Å²) < 4.78 is 25.9. The molecule has 0 aromatic heterocycles. The molecule has 10 heteroatoms. The normalized spacial score (nSPS) is 18.7. The zero-order valence-corrected chi connectivity index (χ0v) is 26.6. The van der Waals surface area contributed by atoms with Gasteiger partial charge in [0.2, 0.25) is 0 Å². The van der Waals surface area contributed by atoms with Crippen molar-refractivity contribution in [2.75, 3.05) is 26.2 Å². The average molecular weight is 601 g/mol. The van der Waals surface area contributed by atoms with Crippen molar-refractivity contribution >= 4 is 23.2 Å². The second-order valence-electron chi connectivity index (χ2n) is 12.8. The van der Waals surface area contributed by atoms with Crippen molar-refractivity contribution in [2.45, 2.75) is 89.3 Å². The summed E-state index contributed by atoms with van der Waals surface area (Å²) in [4.78, 5) is 27.5. The minimum Gasteiger partial charge on any atom is -0.445 e. The summed E-state index contributed by atoms with van der Waals surface area (Å²) in [6.45, 7) is 13.2. The van der Waals surface area contributed by atoms with Crippen LogP contribution in [-0.4, -0.2) is 68.2 Å². The highest BCUT2D eigenvalue weighted by Crippen LogP contribution is 2.25. The van der Waals surface area contributed by atoms with E-state index in [0.717, 1.165) is 36.8 Å². The maximum absolute atomic E-state index is 12.3. The molecule has 1 atom stereocenters. The third-order valence-corrected chi connectivity index (χ3v) is 9.39. The van der Waals surface area contributed by atoms with Gasteiger partial charge in [-0.2, -0.15) is 0 Å². The fourth-order valence-electron chi connectivity index (χ4n) is 4.48. The molecule has 0 aliphatic carbocycles. The van der Waals surface area contributed by atoms with Crippen molar-refractivity contribution in [3.63, 3.8) is 0 Å². The summed E-state index contributed by atoms with van der Waals surface area (Å²) in [5.74, 6) is 0. The van der Waals surface area contributed by atoms with Gasteiger partial charge in [-0.1, -0.05) is 60.7 Å². The molecule has 0 spiro atoms. The second kappa shape index (κ2) is 15.0. The van der Waals surface area contributed by atoms with Crippen molar-refractivity contribution in [2.24, 2.45) is 5.73 Å². The minimum absolute atomic E-state index is 0.143. The Kier molecular flexibility index (Phi) is 12.0. The molecular weight excluding hydrogens is 552 g/mol. The third-order valence-electron chi connectivity index (χ3n) is 7.59. The molecule has 2 aliphatic heterocycles. The summed E-state index contributed by atoms with van der Waals surface area (Å²) in [6, 6.07) is 19.4. The number of likely N-dealkylation sites (tertiary alicyclic amines) is 2. The van der Waals surface area contributed by atoms with E-state index in [1.165, 1.54) is 0 Å². The number of rotatable bonds is 6. The van der Waals surface area contributed by atoms with E-state index in [9.17, 15) is 13.8 Å². The molecule has 2 aromatic rings. The monoisotopic (exact) mass is 600 g/mol. The number of hydrogen-bond acceptors (Lipinski definition) is 6. The molecule has 42 heavy (non-hydrogen) atoms. The minimum atomic E-state index is -1.11. The number of ether oxygens (including phenoxy) is 2. The van der Waals surface area contributed by atoms with Crippen LogP contribution >= 0.6 is 0 Å². The van der Waals surface area contributed by atoms with Gasteiger partial charge in [0.1, 0.15) is 13.2 Å². The molecule has 2 heterocycles. The molecule has 2 fully saturated rings. The van der Waals surface area contributed by atoms with Gasteiger partial charge in [0.25, 0.3) is 0 Å². The molecule has 2 saturated heterocycles. The number of piperidine rings is 2. The van der Waals surface area contributed by atoms with Crippen molar-refractivity contribution < 1.29 is 23.3 Å². The van der Waals surface area contributed by atoms with Crippen LogP contribution in [0.2, 0.25) is 0 Å². The van der Waals surface area contributed by atoms with E-state index in [1.807, 2.05) is 88.4 Å². The van der Waals surface area contributed by atoms with E-state index in [-0.39, 0.29) is 28.0 Å². The van der Waals surface area contributed by atoms with Gasteiger partial charge in [-0.3, -0.25) is 0 Å². The molecule has 0 radical (unpaired) electrons. The summed E-state index contributed by atoms with van der Waals surface area (Å²) in [5, 5.41) is 0. The highest BCUT2D eigenvalue weighted by molar-refractivity contribution is 7.84. The van der Waals surface area contributed by atoms with Crippen LogP contribution in [0, 0.1) is 0 Å². The summed E-state index contributed by atoms with van der Waals surface area (Å²) in [5.41, 5.74) is 7.66. The van der Waals surface area contributed by atoms with Crippen molar-refractivity contribution in [3.05, 3.63) is 71.8 Å². The van der Waals surface area contributed by atoms with Gasteiger partial charge in [0.05, 0.1) is 15.7 Å². The summed E-state index contributed by atoms with van der Waals surface area (Å²) in [6.07, 6.45) is 2.65. The van der Waals surface area contributed by atoms with Crippen LogP contribution < -0.4 is 10.5 Å². The summed E-state index contributed by atoms with van der Waals surface area (Å²) in [7, 11) is -1.11. The number of hydrogen-bond donors (Lipinski definition) is 2. The zero-order chi connectivity index (χ0) is 30.8. The predicted octanol–water partition coefficient (Wildman–Crippen LogP) is 5.37. The van der Waals surface area contributed by atoms with Crippen LogP contribution in [0.15, 0.2) is 60.7 Å². The molecule has 2 aromatic carbocycles. The largest absolute Gasteiger partial charge is 0.445 e.